The Hall–Kier alpha value is -2.37. The normalized spacial score (nSPS) is 12.1. The van der Waals surface area contributed by atoms with Gasteiger partial charge >= 0.3 is 0 Å². The highest BCUT2D eigenvalue weighted by molar-refractivity contribution is 7.78. The van der Waals surface area contributed by atoms with Gasteiger partial charge < -0.3 is 4.55 Å². The van der Waals surface area contributed by atoms with E-state index < -0.39 is 16.9 Å². The van der Waals surface area contributed by atoms with E-state index in [0.717, 1.165) is 16.7 Å². The topological polar surface area (TPSA) is 53.0 Å². The predicted octanol–water partition coefficient (Wildman–Crippen LogP) is 4.24. The molecule has 3 nitrogen and oxygen atoms in total. The summed E-state index contributed by atoms with van der Waals surface area (Å²) in [5, 5.41) is 0. The smallest absolute Gasteiger partial charge is 0.127 e. The molecule has 1 atom stereocenters. The van der Waals surface area contributed by atoms with Crippen LogP contribution in [0.5, 0.6) is 0 Å². The molecule has 0 N–H and O–H groups in total. The molecule has 0 fully saturated rings. The maximum atomic E-state index is 14.2. The van der Waals surface area contributed by atoms with Gasteiger partial charge in [-0.05, 0) is 30.2 Å². The zero-order chi connectivity index (χ0) is 17.1. The molecule has 0 bridgehead atoms. The molecule has 1 heterocycles. The monoisotopic (exact) mass is 340 g/mol. The van der Waals surface area contributed by atoms with Crippen molar-refractivity contribution in [2.24, 2.45) is 0 Å². The number of aromatic nitrogens is 1. The van der Waals surface area contributed by atoms with Gasteiger partial charge in [0.2, 0.25) is 0 Å². The van der Waals surface area contributed by atoms with Gasteiger partial charge in [0.05, 0.1) is 5.69 Å². The number of hydrogen-bond acceptors (Lipinski definition) is 3. The van der Waals surface area contributed by atoms with Crippen LogP contribution >= 0.6 is 0 Å². The SMILES string of the molecule is Cc1ccc(-c2cccnc2-c2ccc(CS(=O)[O-])c(F)c2)cc1. The molecule has 3 aromatic rings. The molecular weight excluding hydrogens is 325 g/mol. The van der Waals surface area contributed by atoms with E-state index in [-0.39, 0.29) is 11.3 Å². The Labute approximate surface area is 142 Å². The summed E-state index contributed by atoms with van der Waals surface area (Å²) in [7, 11) is 0. The summed E-state index contributed by atoms with van der Waals surface area (Å²) in [5.74, 6) is -0.878. The van der Waals surface area contributed by atoms with Crippen molar-refractivity contribution in [3.8, 4) is 22.4 Å². The summed E-state index contributed by atoms with van der Waals surface area (Å²) in [5.41, 5.74) is 4.48. The van der Waals surface area contributed by atoms with E-state index in [2.05, 4.69) is 4.98 Å². The molecule has 3 rings (SSSR count). The average molecular weight is 340 g/mol. The summed E-state index contributed by atoms with van der Waals surface area (Å²) in [6.07, 6.45) is 1.66. The Morgan fingerprint density at radius 3 is 2.46 bits per heavy atom. The number of hydrogen-bond donors (Lipinski definition) is 0. The van der Waals surface area contributed by atoms with Crippen molar-refractivity contribution < 1.29 is 13.2 Å². The zero-order valence-corrected chi connectivity index (χ0v) is 13.8. The zero-order valence-electron chi connectivity index (χ0n) is 13.0. The minimum atomic E-state index is -2.32. The van der Waals surface area contributed by atoms with Crippen molar-refractivity contribution in [2.75, 3.05) is 0 Å². The lowest BCUT2D eigenvalue weighted by atomic mass is 9.98. The largest absolute Gasteiger partial charge is 0.772 e. The molecule has 0 spiro atoms. The second kappa shape index (κ2) is 7.03. The summed E-state index contributed by atoms with van der Waals surface area (Å²) in [6, 6.07) is 16.3. The van der Waals surface area contributed by atoms with Gasteiger partial charge in [-0.15, -0.1) is 0 Å². The van der Waals surface area contributed by atoms with Gasteiger partial charge in [-0.1, -0.05) is 59.1 Å². The molecule has 0 radical (unpaired) electrons. The standard InChI is InChI=1S/C19H16FNO2S/c1-13-4-6-14(7-5-13)17-3-2-10-21-19(17)15-8-9-16(12-24(22)23)18(20)11-15/h2-11H,12H2,1H3,(H,22,23)/p-1. The third-order valence-corrected chi connectivity index (χ3v) is 4.32. The summed E-state index contributed by atoms with van der Waals surface area (Å²) >= 11 is -2.32. The first-order valence-electron chi connectivity index (χ1n) is 7.41. The van der Waals surface area contributed by atoms with Crippen LogP contribution in [0.1, 0.15) is 11.1 Å². The molecule has 0 amide bonds. The second-order valence-electron chi connectivity index (χ2n) is 5.52. The molecule has 0 aliphatic carbocycles. The van der Waals surface area contributed by atoms with Gasteiger partial charge in [0, 0.05) is 23.1 Å². The Morgan fingerprint density at radius 1 is 1.08 bits per heavy atom. The van der Waals surface area contributed by atoms with E-state index in [1.807, 2.05) is 43.3 Å². The van der Waals surface area contributed by atoms with Crippen LogP contribution in [-0.2, 0) is 16.8 Å². The third-order valence-electron chi connectivity index (χ3n) is 3.77. The van der Waals surface area contributed by atoms with Crippen LogP contribution in [0.4, 0.5) is 4.39 Å². The van der Waals surface area contributed by atoms with E-state index in [1.54, 1.807) is 12.3 Å². The van der Waals surface area contributed by atoms with Crippen LogP contribution in [0, 0.1) is 12.7 Å². The summed E-state index contributed by atoms with van der Waals surface area (Å²) in [6.45, 7) is 2.02. The Kier molecular flexibility index (Phi) is 4.83. The van der Waals surface area contributed by atoms with Crippen LogP contribution in [-0.4, -0.2) is 13.7 Å². The van der Waals surface area contributed by atoms with Crippen molar-refractivity contribution in [3.63, 3.8) is 0 Å². The Bertz CT molecular complexity index is 894. The molecule has 5 heteroatoms. The molecule has 2 aromatic carbocycles. The second-order valence-corrected chi connectivity index (χ2v) is 6.42. The fourth-order valence-corrected chi connectivity index (χ4v) is 3.03. The van der Waals surface area contributed by atoms with Gasteiger partial charge in [0.15, 0.2) is 0 Å². The maximum absolute atomic E-state index is 14.2. The lowest BCUT2D eigenvalue weighted by molar-refractivity contribution is 0.533. The highest BCUT2D eigenvalue weighted by Gasteiger charge is 2.11. The molecule has 24 heavy (non-hydrogen) atoms. The molecule has 122 valence electrons. The molecule has 0 saturated carbocycles. The number of halogens is 1. The van der Waals surface area contributed by atoms with E-state index in [4.69, 9.17) is 0 Å². The van der Waals surface area contributed by atoms with Crippen molar-refractivity contribution >= 4 is 11.1 Å². The summed E-state index contributed by atoms with van der Waals surface area (Å²) < 4.78 is 35.7. The van der Waals surface area contributed by atoms with Gasteiger partial charge in [0.1, 0.15) is 5.82 Å². The van der Waals surface area contributed by atoms with Crippen molar-refractivity contribution in [1.82, 2.24) is 4.98 Å². The van der Waals surface area contributed by atoms with Gasteiger partial charge in [-0.2, -0.15) is 0 Å². The minimum Gasteiger partial charge on any atom is -0.772 e. The lowest BCUT2D eigenvalue weighted by Crippen LogP contribution is -1.98. The van der Waals surface area contributed by atoms with Crippen LogP contribution in [0.15, 0.2) is 60.8 Å². The van der Waals surface area contributed by atoms with E-state index in [0.29, 0.717) is 11.3 Å². The lowest BCUT2D eigenvalue weighted by Gasteiger charge is -2.11. The Morgan fingerprint density at radius 2 is 1.79 bits per heavy atom. The van der Waals surface area contributed by atoms with Crippen molar-refractivity contribution in [2.45, 2.75) is 12.7 Å². The minimum absolute atomic E-state index is 0.153. The number of pyridine rings is 1. The van der Waals surface area contributed by atoms with Crippen LogP contribution in [0.3, 0.4) is 0 Å². The van der Waals surface area contributed by atoms with E-state index >= 15 is 0 Å². The Balaban J connectivity index is 2.06. The molecule has 0 aliphatic heterocycles. The van der Waals surface area contributed by atoms with Crippen LogP contribution in [0.2, 0.25) is 0 Å². The molecule has 0 saturated heterocycles. The quantitative estimate of drug-likeness (QED) is 0.668. The number of aryl methyl sites for hydroxylation is 1. The number of benzene rings is 2. The predicted molar refractivity (Wildman–Crippen MR) is 92.4 cm³/mol. The first-order chi connectivity index (χ1) is 11.5. The number of rotatable bonds is 4. The van der Waals surface area contributed by atoms with Crippen LogP contribution < -0.4 is 0 Å². The van der Waals surface area contributed by atoms with Crippen molar-refractivity contribution in [1.29, 1.82) is 0 Å². The third kappa shape index (κ3) is 3.58. The number of nitrogens with zero attached hydrogens (tertiary/aromatic N) is 1. The highest BCUT2D eigenvalue weighted by atomic mass is 32.2. The first kappa shape index (κ1) is 16.5. The van der Waals surface area contributed by atoms with Crippen LogP contribution in [0.25, 0.3) is 22.4 Å². The fourth-order valence-electron chi connectivity index (χ4n) is 2.54. The van der Waals surface area contributed by atoms with Crippen molar-refractivity contribution in [3.05, 3.63) is 77.7 Å². The highest BCUT2D eigenvalue weighted by Crippen LogP contribution is 2.31. The fraction of sp³-hybridized carbons (Fsp3) is 0.105. The summed E-state index contributed by atoms with van der Waals surface area (Å²) in [4.78, 5) is 4.39. The molecule has 0 aliphatic rings. The van der Waals surface area contributed by atoms with Gasteiger partial charge in [-0.3, -0.25) is 9.19 Å². The first-order valence-corrected chi connectivity index (χ1v) is 8.66. The average Bonchev–Trinajstić information content (AvgIpc) is 2.57. The molecular formula is C19H15FNO2S-. The van der Waals surface area contributed by atoms with E-state index in [9.17, 15) is 13.2 Å². The molecule has 1 unspecified atom stereocenters. The van der Waals surface area contributed by atoms with E-state index in [1.165, 1.54) is 12.1 Å². The maximum Gasteiger partial charge on any atom is 0.127 e. The van der Waals surface area contributed by atoms with Gasteiger partial charge in [0.25, 0.3) is 0 Å². The van der Waals surface area contributed by atoms with Gasteiger partial charge in [-0.25, -0.2) is 4.39 Å². The molecule has 1 aromatic heterocycles.